The molecule has 0 spiro atoms. The molecule has 0 aliphatic carbocycles. The average Bonchev–Trinajstić information content (AvgIpc) is 2.32. The molecule has 0 heterocycles. The molecule has 1 atom stereocenters. The summed E-state index contributed by atoms with van der Waals surface area (Å²) in [5.74, 6) is -0.506. The minimum Gasteiger partial charge on any atom is -0.365 e. The van der Waals surface area contributed by atoms with Gasteiger partial charge < -0.3 is 10.1 Å². The van der Waals surface area contributed by atoms with Gasteiger partial charge in [0, 0.05) is 12.3 Å². The molecule has 1 aromatic rings. The van der Waals surface area contributed by atoms with Gasteiger partial charge >= 0.3 is 0 Å². The average molecular weight is 253 g/mol. The number of rotatable bonds is 5. The highest BCUT2D eigenvalue weighted by Crippen LogP contribution is 2.23. The fourth-order valence-corrected chi connectivity index (χ4v) is 1.58. The van der Waals surface area contributed by atoms with Gasteiger partial charge in [-0.1, -0.05) is 13.8 Å². The molecule has 4 heteroatoms. The first-order valence-electron chi connectivity index (χ1n) is 6.11. The Morgan fingerprint density at radius 1 is 1.39 bits per heavy atom. The molecule has 0 aliphatic rings. The Morgan fingerprint density at radius 2 is 1.94 bits per heavy atom. The highest BCUT2D eigenvalue weighted by molar-refractivity contribution is 5.97. The number of carbonyl (C=O) groups is 1. The number of ether oxygens (including phenoxy) is 1. The predicted molar refractivity (Wildman–Crippen MR) is 69.9 cm³/mol. The van der Waals surface area contributed by atoms with Crippen LogP contribution in [0.25, 0.3) is 0 Å². The van der Waals surface area contributed by atoms with Gasteiger partial charge in [-0.05, 0) is 44.0 Å². The number of halogens is 1. The van der Waals surface area contributed by atoms with Crippen molar-refractivity contribution in [1.29, 1.82) is 0 Å². The second-order valence-electron chi connectivity index (χ2n) is 4.66. The summed E-state index contributed by atoms with van der Waals surface area (Å²) in [5, 5.41) is 2.75. The van der Waals surface area contributed by atoms with E-state index in [9.17, 15) is 9.18 Å². The van der Waals surface area contributed by atoms with Crippen LogP contribution in [0.3, 0.4) is 0 Å². The molecule has 1 aromatic carbocycles. The van der Waals surface area contributed by atoms with Gasteiger partial charge in [0.2, 0.25) is 0 Å². The second kappa shape index (κ2) is 5.96. The van der Waals surface area contributed by atoms with Crippen LogP contribution >= 0.6 is 0 Å². The smallest absolute Gasteiger partial charge is 0.256 e. The second-order valence-corrected chi connectivity index (χ2v) is 4.66. The van der Waals surface area contributed by atoms with Crippen molar-refractivity contribution in [1.82, 2.24) is 0 Å². The van der Waals surface area contributed by atoms with E-state index in [0.29, 0.717) is 12.3 Å². The number of nitrogens with one attached hydrogen (secondary N) is 1. The monoisotopic (exact) mass is 253 g/mol. The zero-order valence-corrected chi connectivity index (χ0v) is 11.3. The summed E-state index contributed by atoms with van der Waals surface area (Å²) in [6.45, 7) is 7.94. The molecule has 0 saturated heterocycles. The number of hydrogen-bond donors (Lipinski definition) is 1. The van der Waals surface area contributed by atoms with Gasteiger partial charge in [-0.2, -0.15) is 0 Å². The van der Waals surface area contributed by atoms with Gasteiger partial charge in [0.25, 0.3) is 5.91 Å². The Balaban J connectivity index is 2.82. The Kier molecular flexibility index (Phi) is 4.84. The van der Waals surface area contributed by atoms with Gasteiger partial charge in [-0.3, -0.25) is 4.79 Å². The number of benzene rings is 1. The molecular formula is C14H20FNO2. The lowest BCUT2D eigenvalue weighted by molar-refractivity contribution is -0.144. The molecule has 100 valence electrons. The van der Waals surface area contributed by atoms with Gasteiger partial charge in [0.05, 0.1) is 0 Å². The minimum atomic E-state index is -0.886. The SMILES string of the molecule is CCOC(C)(C(=O)Nc1ccc(F)cc1)C(C)C. The Morgan fingerprint density at radius 3 is 2.39 bits per heavy atom. The van der Waals surface area contributed by atoms with Gasteiger partial charge in [-0.15, -0.1) is 0 Å². The topological polar surface area (TPSA) is 38.3 Å². The first-order chi connectivity index (χ1) is 8.40. The molecule has 0 saturated carbocycles. The van der Waals surface area contributed by atoms with Crippen molar-refractivity contribution in [3.05, 3.63) is 30.1 Å². The fourth-order valence-electron chi connectivity index (χ4n) is 1.58. The summed E-state index contributed by atoms with van der Waals surface area (Å²) in [7, 11) is 0. The van der Waals surface area contributed by atoms with Crippen molar-refractivity contribution in [3.8, 4) is 0 Å². The molecule has 0 radical (unpaired) electrons. The van der Waals surface area contributed by atoms with Crippen molar-refractivity contribution in [2.75, 3.05) is 11.9 Å². The first kappa shape index (κ1) is 14.6. The molecule has 18 heavy (non-hydrogen) atoms. The van der Waals surface area contributed by atoms with Crippen LogP contribution in [0.5, 0.6) is 0 Å². The van der Waals surface area contributed by atoms with Gasteiger partial charge in [-0.25, -0.2) is 4.39 Å². The molecule has 0 bridgehead atoms. The number of carbonyl (C=O) groups excluding carboxylic acids is 1. The Bertz CT molecular complexity index is 403. The van der Waals surface area contributed by atoms with Gasteiger partial charge in [0.15, 0.2) is 0 Å². The van der Waals surface area contributed by atoms with E-state index in [-0.39, 0.29) is 17.6 Å². The van der Waals surface area contributed by atoms with E-state index in [2.05, 4.69) is 5.32 Å². The fraction of sp³-hybridized carbons (Fsp3) is 0.500. The maximum atomic E-state index is 12.8. The quantitative estimate of drug-likeness (QED) is 0.875. The highest BCUT2D eigenvalue weighted by atomic mass is 19.1. The Labute approximate surface area is 107 Å². The van der Waals surface area contributed by atoms with Crippen molar-refractivity contribution < 1.29 is 13.9 Å². The summed E-state index contributed by atoms with van der Waals surface area (Å²) in [6.07, 6.45) is 0. The summed E-state index contributed by atoms with van der Waals surface area (Å²) in [4.78, 5) is 12.2. The number of hydrogen-bond acceptors (Lipinski definition) is 2. The van der Waals surface area contributed by atoms with E-state index in [1.807, 2.05) is 20.8 Å². The molecule has 1 rings (SSSR count). The number of amides is 1. The Hall–Kier alpha value is -1.42. The highest BCUT2D eigenvalue weighted by Gasteiger charge is 2.37. The van der Waals surface area contributed by atoms with Crippen LogP contribution < -0.4 is 5.32 Å². The molecule has 1 unspecified atom stereocenters. The van der Waals surface area contributed by atoms with E-state index >= 15 is 0 Å². The van der Waals surface area contributed by atoms with E-state index in [1.165, 1.54) is 24.3 Å². The van der Waals surface area contributed by atoms with Crippen molar-refractivity contribution >= 4 is 11.6 Å². The summed E-state index contributed by atoms with van der Waals surface area (Å²) in [5.41, 5.74) is -0.323. The zero-order valence-electron chi connectivity index (χ0n) is 11.3. The normalized spacial score (nSPS) is 14.3. The lowest BCUT2D eigenvalue weighted by Gasteiger charge is -2.31. The van der Waals surface area contributed by atoms with E-state index in [0.717, 1.165) is 0 Å². The molecule has 0 fully saturated rings. The largest absolute Gasteiger partial charge is 0.365 e. The first-order valence-corrected chi connectivity index (χ1v) is 6.11. The number of anilines is 1. The maximum absolute atomic E-state index is 12.8. The molecule has 0 aliphatic heterocycles. The van der Waals surface area contributed by atoms with Crippen LogP contribution in [0.15, 0.2) is 24.3 Å². The summed E-state index contributed by atoms with van der Waals surface area (Å²) < 4.78 is 18.3. The molecule has 1 N–H and O–H groups in total. The van der Waals surface area contributed by atoms with Crippen LogP contribution in [0.1, 0.15) is 27.7 Å². The zero-order chi connectivity index (χ0) is 13.8. The summed E-state index contributed by atoms with van der Waals surface area (Å²) in [6, 6.07) is 5.67. The third-order valence-electron chi connectivity index (χ3n) is 3.10. The van der Waals surface area contributed by atoms with Crippen molar-refractivity contribution in [2.24, 2.45) is 5.92 Å². The maximum Gasteiger partial charge on any atom is 0.256 e. The molecule has 0 aromatic heterocycles. The van der Waals surface area contributed by atoms with Crippen LogP contribution in [-0.2, 0) is 9.53 Å². The van der Waals surface area contributed by atoms with Crippen LogP contribution in [0.4, 0.5) is 10.1 Å². The third-order valence-corrected chi connectivity index (χ3v) is 3.10. The van der Waals surface area contributed by atoms with E-state index < -0.39 is 5.60 Å². The van der Waals surface area contributed by atoms with Crippen LogP contribution in [-0.4, -0.2) is 18.1 Å². The van der Waals surface area contributed by atoms with E-state index in [4.69, 9.17) is 4.74 Å². The minimum absolute atomic E-state index is 0.0397. The third kappa shape index (κ3) is 3.29. The van der Waals surface area contributed by atoms with E-state index in [1.54, 1.807) is 6.92 Å². The lowest BCUT2D eigenvalue weighted by atomic mass is 9.91. The lowest BCUT2D eigenvalue weighted by Crippen LogP contribution is -2.47. The predicted octanol–water partition coefficient (Wildman–Crippen LogP) is 3.22. The molecular weight excluding hydrogens is 233 g/mol. The summed E-state index contributed by atoms with van der Waals surface area (Å²) >= 11 is 0. The molecule has 1 amide bonds. The standard InChI is InChI=1S/C14H20FNO2/c1-5-18-14(4,10(2)3)13(17)16-12-8-6-11(15)7-9-12/h6-10H,5H2,1-4H3,(H,16,17). The van der Waals surface area contributed by atoms with Crippen LogP contribution in [0, 0.1) is 11.7 Å². The van der Waals surface area contributed by atoms with Crippen molar-refractivity contribution in [2.45, 2.75) is 33.3 Å². The molecule has 3 nitrogen and oxygen atoms in total. The van der Waals surface area contributed by atoms with Crippen LogP contribution in [0.2, 0.25) is 0 Å². The van der Waals surface area contributed by atoms with Gasteiger partial charge in [0.1, 0.15) is 11.4 Å². The van der Waals surface area contributed by atoms with Crippen molar-refractivity contribution in [3.63, 3.8) is 0 Å².